The van der Waals surface area contributed by atoms with E-state index in [2.05, 4.69) is 48.8 Å². The molecule has 5 nitrogen and oxygen atoms in total. The molecule has 0 bridgehead atoms. The van der Waals surface area contributed by atoms with Crippen LogP contribution in [0.1, 0.15) is 62.9 Å². The lowest BCUT2D eigenvalue weighted by molar-refractivity contribution is 0.0968. The number of aromatic nitrogens is 1. The molecule has 0 spiro atoms. The zero-order valence-electron chi connectivity index (χ0n) is 23.4. The third-order valence-corrected chi connectivity index (χ3v) is 7.16. The van der Waals surface area contributed by atoms with Crippen molar-refractivity contribution in [2.45, 2.75) is 53.9 Å². The van der Waals surface area contributed by atoms with Crippen molar-refractivity contribution in [1.82, 2.24) is 9.88 Å². The van der Waals surface area contributed by atoms with Crippen molar-refractivity contribution < 1.29 is 9.90 Å². The molecule has 200 valence electrons. The van der Waals surface area contributed by atoms with Crippen molar-refractivity contribution in [1.29, 1.82) is 0 Å². The molecule has 1 aliphatic rings. The predicted molar refractivity (Wildman–Crippen MR) is 157 cm³/mol. The van der Waals surface area contributed by atoms with Crippen LogP contribution in [0.5, 0.6) is 5.75 Å². The van der Waals surface area contributed by atoms with Gasteiger partial charge in [-0.25, -0.2) is 0 Å². The summed E-state index contributed by atoms with van der Waals surface area (Å²) in [6, 6.07) is 9.90. The summed E-state index contributed by atoms with van der Waals surface area (Å²) in [7, 11) is 4.26. The third kappa shape index (κ3) is 6.82. The molecular weight excluding hydrogens is 482 g/mol. The number of hydrogen-bond acceptors (Lipinski definition) is 5. The van der Waals surface area contributed by atoms with Gasteiger partial charge in [0.2, 0.25) is 0 Å². The van der Waals surface area contributed by atoms with Crippen molar-refractivity contribution in [2.75, 3.05) is 38.6 Å². The number of phenols is 1. The Hall–Kier alpha value is -2.63. The van der Waals surface area contributed by atoms with Crippen LogP contribution in [0.3, 0.4) is 0 Å². The molecule has 0 aliphatic carbocycles. The van der Waals surface area contributed by atoms with E-state index in [9.17, 15) is 9.90 Å². The number of Topliss-reactive ketones (excluding diaryl/α,β-unsaturated/α-hetero) is 1. The number of halogens is 1. The van der Waals surface area contributed by atoms with Crippen LogP contribution >= 0.6 is 11.6 Å². The second kappa shape index (κ2) is 12.7. The first-order valence-electron chi connectivity index (χ1n) is 13.5. The number of carbonyl (C=O) groups excluding carboxylic acids is 1. The molecule has 2 heterocycles. The number of nitrogens with zero attached hydrogens (tertiary/aromatic N) is 3. The molecule has 37 heavy (non-hydrogen) atoms. The van der Waals surface area contributed by atoms with Crippen LogP contribution in [0.15, 0.2) is 36.5 Å². The van der Waals surface area contributed by atoms with Crippen LogP contribution in [-0.2, 0) is 0 Å². The molecule has 6 heteroatoms. The van der Waals surface area contributed by atoms with Crippen LogP contribution in [0.2, 0.25) is 5.02 Å². The predicted octanol–water partition coefficient (Wildman–Crippen LogP) is 7.60. The Morgan fingerprint density at radius 1 is 1.14 bits per heavy atom. The number of piperidine rings is 1. The van der Waals surface area contributed by atoms with E-state index in [4.69, 9.17) is 11.6 Å². The Morgan fingerprint density at radius 3 is 2.41 bits per heavy atom. The van der Waals surface area contributed by atoms with Gasteiger partial charge < -0.3 is 14.9 Å². The molecule has 3 aromatic rings. The van der Waals surface area contributed by atoms with Crippen LogP contribution in [0, 0.1) is 18.8 Å². The van der Waals surface area contributed by atoms with E-state index in [1.54, 1.807) is 12.3 Å². The maximum atomic E-state index is 13.3. The smallest absolute Gasteiger partial charge is 0.166 e. The summed E-state index contributed by atoms with van der Waals surface area (Å²) in [5.41, 5.74) is 5.25. The number of anilines is 1. The normalized spacial score (nSPS) is 14.3. The number of aryl methyl sites for hydroxylation is 1. The van der Waals surface area contributed by atoms with E-state index in [1.165, 1.54) is 0 Å². The minimum atomic E-state index is 0.112. The van der Waals surface area contributed by atoms with Gasteiger partial charge in [0, 0.05) is 37.6 Å². The highest BCUT2D eigenvalue weighted by Crippen LogP contribution is 2.38. The van der Waals surface area contributed by atoms with Crippen molar-refractivity contribution in [3.63, 3.8) is 0 Å². The molecule has 1 aromatic heterocycles. The maximum Gasteiger partial charge on any atom is 0.166 e. The average molecular weight is 524 g/mol. The molecule has 2 aromatic carbocycles. The summed E-state index contributed by atoms with van der Waals surface area (Å²) in [5, 5.41) is 11.4. The first kappa shape index (κ1) is 28.9. The lowest BCUT2D eigenvalue weighted by Gasteiger charge is -2.36. The van der Waals surface area contributed by atoms with Crippen LogP contribution in [0.25, 0.3) is 22.0 Å². The second-order valence-electron chi connectivity index (χ2n) is 10.6. The quantitative estimate of drug-likeness (QED) is 0.323. The first-order chi connectivity index (χ1) is 17.6. The molecule has 0 atom stereocenters. The molecule has 1 N–H and O–H groups in total. The number of hydrogen-bond donors (Lipinski definition) is 1. The monoisotopic (exact) mass is 523 g/mol. The zero-order chi connectivity index (χ0) is 27.3. The number of benzene rings is 2. The van der Waals surface area contributed by atoms with E-state index < -0.39 is 0 Å². The Labute approximate surface area is 227 Å². The highest BCUT2D eigenvalue weighted by atomic mass is 35.5. The Morgan fingerprint density at radius 2 is 1.81 bits per heavy atom. The fourth-order valence-electron chi connectivity index (χ4n) is 5.14. The van der Waals surface area contributed by atoms with Gasteiger partial charge in [-0.15, -0.1) is 0 Å². The van der Waals surface area contributed by atoms with Crippen molar-refractivity contribution in [3.8, 4) is 16.9 Å². The first-order valence-corrected chi connectivity index (χ1v) is 13.9. The van der Waals surface area contributed by atoms with Gasteiger partial charge in [0.25, 0.3) is 0 Å². The van der Waals surface area contributed by atoms with Crippen molar-refractivity contribution in [3.05, 3.63) is 52.7 Å². The van der Waals surface area contributed by atoms with Crippen LogP contribution in [-0.4, -0.2) is 54.5 Å². The minimum Gasteiger partial charge on any atom is -0.506 e. The SMILES string of the molecule is CC.Cc1cc(-c2ccc3ncc(C(=O)CC(C)C)c(N4CCC(CN(C)C)CC4)c3c2)cc(Cl)c1O. The number of carbonyl (C=O) groups is 1. The van der Waals surface area contributed by atoms with E-state index in [0.29, 0.717) is 22.9 Å². The summed E-state index contributed by atoms with van der Waals surface area (Å²) < 4.78 is 0. The van der Waals surface area contributed by atoms with E-state index in [1.807, 2.05) is 39.0 Å². The summed E-state index contributed by atoms with van der Waals surface area (Å²) in [4.78, 5) is 22.7. The number of aromatic hydroxyl groups is 1. The molecular formula is C31H42ClN3O2. The molecule has 1 fully saturated rings. The number of ketones is 1. The standard InChI is InChI=1S/C29H36ClN3O2.C2H6/c1-18(2)12-27(34)24-16-31-26-7-6-21(22-13-19(3)29(35)25(30)15-22)14-23(26)28(24)33-10-8-20(9-11-33)17-32(4)5;1-2/h6-7,13-16,18,20,35H,8-12,17H2,1-5H3;1-2H3. The van der Waals surface area contributed by atoms with Gasteiger partial charge in [-0.1, -0.05) is 45.4 Å². The molecule has 1 aliphatic heterocycles. The summed E-state index contributed by atoms with van der Waals surface area (Å²) >= 11 is 6.29. The fraction of sp³-hybridized carbons (Fsp3) is 0.484. The Kier molecular flexibility index (Phi) is 9.97. The molecule has 4 rings (SSSR count). The lowest BCUT2D eigenvalue weighted by Crippen LogP contribution is -2.38. The number of phenolic OH excluding ortho intramolecular Hbond substituents is 1. The largest absolute Gasteiger partial charge is 0.506 e. The molecule has 1 saturated heterocycles. The van der Waals surface area contributed by atoms with E-state index >= 15 is 0 Å². The topological polar surface area (TPSA) is 56.7 Å². The average Bonchev–Trinajstić information content (AvgIpc) is 2.87. The Balaban J connectivity index is 0.00000186. The maximum absolute atomic E-state index is 13.3. The van der Waals surface area contributed by atoms with Gasteiger partial charge >= 0.3 is 0 Å². The fourth-order valence-corrected chi connectivity index (χ4v) is 5.41. The lowest BCUT2D eigenvalue weighted by atomic mass is 9.92. The highest BCUT2D eigenvalue weighted by molar-refractivity contribution is 6.32. The molecule has 0 saturated carbocycles. The summed E-state index contributed by atoms with van der Waals surface area (Å²) in [6.07, 6.45) is 4.48. The highest BCUT2D eigenvalue weighted by Gasteiger charge is 2.26. The number of fused-ring (bicyclic) bond motifs is 1. The van der Waals surface area contributed by atoms with Gasteiger partial charge in [0.15, 0.2) is 5.78 Å². The number of pyridine rings is 1. The minimum absolute atomic E-state index is 0.112. The summed E-state index contributed by atoms with van der Waals surface area (Å²) in [5.74, 6) is 1.21. The molecule has 0 radical (unpaired) electrons. The van der Waals surface area contributed by atoms with Gasteiger partial charge in [-0.3, -0.25) is 9.78 Å². The molecule has 0 unspecified atom stereocenters. The molecule has 0 amide bonds. The van der Waals surface area contributed by atoms with Crippen LogP contribution in [0.4, 0.5) is 5.69 Å². The third-order valence-electron chi connectivity index (χ3n) is 6.87. The van der Waals surface area contributed by atoms with Crippen LogP contribution < -0.4 is 4.90 Å². The van der Waals surface area contributed by atoms with Crippen molar-refractivity contribution >= 4 is 34.0 Å². The number of rotatable bonds is 7. The van der Waals surface area contributed by atoms with Crippen molar-refractivity contribution in [2.24, 2.45) is 11.8 Å². The second-order valence-corrected chi connectivity index (χ2v) is 11.0. The van der Waals surface area contributed by atoms with E-state index in [0.717, 1.165) is 65.8 Å². The summed E-state index contributed by atoms with van der Waals surface area (Å²) in [6.45, 7) is 12.9. The van der Waals surface area contributed by atoms with Gasteiger partial charge in [-0.05, 0) is 86.7 Å². The Bertz CT molecular complexity index is 1210. The van der Waals surface area contributed by atoms with Gasteiger partial charge in [-0.2, -0.15) is 0 Å². The van der Waals surface area contributed by atoms with Gasteiger partial charge in [0.1, 0.15) is 5.75 Å². The zero-order valence-corrected chi connectivity index (χ0v) is 24.2. The van der Waals surface area contributed by atoms with Gasteiger partial charge in [0.05, 0.1) is 21.8 Å². The van der Waals surface area contributed by atoms with E-state index in [-0.39, 0.29) is 17.5 Å².